The number of rotatable bonds is 6. The van der Waals surface area contributed by atoms with Gasteiger partial charge >= 0.3 is 0 Å². The van der Waals surface area contributed by atoms with Crippen LogP contribution in [0.3, 0.4) is 0 Å². The third-order valence-corrected chi connectivity index (χ3v) is 10.7. The molecule has 3 heteroatoms. The molecule has 8 aliphatic carbocycles. The normalized spacial score (nSPS) is 45.1. The maximum Gasteiger partial charge on any atom is 0.132 e. The maximum atomic E-state index is 4.96. The number of hydrogen-bond donors (Lipinski definition) is 2. The fourth-order valence-corrected chi connectivity index (χ4v) is 10.1. The topological polar surface area (TPSA) is 37.0 Å². The first kappa shape index (κ1) is 19.7. The van der Waals surface area contributed by atoms with E-state index in [9.17, 15) is 0 Å². The summed E-state index contributed by atoms with van der Waals surface area (Å²) in [6.45, 7) is 9.14. The molecule has 8 aliphatic rings. The van der Waals surface area contributed by atoms with Crippen LogP contribution in [0.25, 0.3) is 0 Å². The van der Waals surface area contributed by atoms with Crippen molar-refractivity contribution < 1.29 is 0 Å². The highest BCUT2D eigenvalue weighted by molar-refractivity contribution is 5.52. The smallest absolute Gasteiger partial charge is 0.132 e. The van der Waals surface area contributed by atoms with Crippen molar-refractivity contribution >= 4 is 11.6 Å². The molecule has 8 bridgehead atoms. The molecule has 0 radical (unpaired) electrons. The molecule has 1 aromatic rings. The van der Waals surface area contributed by atoms with Crippen molar-refractivity contribution in [2.24, 2.45) is 46.3 Å². The van der Waals surface area contributed by atoms with Crippen LogP contribution < -0.4 is 10.6 Å². The quantitative estimate of drug-likeness (QED) is 0.496. The molecule has 8 fully saturated rings. The van der Waals surface area contributed by atoms with Crippen LogP contribution in [-0.2, 0) is 0 Å². The summed E-state index contributed by atoms with van der Waals surface area (Å²) in [6, 6.07) is 6.33. The van der Waals surface area contributed by atoms with E-state index in [4.69, 9.17) is 4.98 Å². The van der Waals surface area contributed by atoms with Crippen LogP contribution in [0.15, 0.2) is 42.8 Å². The lowest BCUT2D eigenvalue weighted by Gasteiger charge is -2.57. The largest absolute Gasteiger partial charge is 0.344 e. The van der Waals surface area contributed by atoms with Crippen molar-refractivity contribution in [3.8, 4) is 0 Å². The molecule has 0 spiro atoms. The minimum atomic E-state index is 0.308. The van der Waals surface area contributed by atoms with Crippen molar-refractivity contribution in [3.63, 3.8) is 0 Å². The number of nitrogens with one attached hydrogen (secondary N) is 2. The SMILES string of the molecule is C=C(Nc1cccc(NC(=C)C23CC4CC(CC(C4)C2)C3)n1)C12CC3CC(CC(C3)C1)C2. The molecule has 170 valence electrons. The number of aromatic nitrogens is 1. The van der Waals surface area contributed by atoms with Gasteiger partial charge in [-0.15, -0.1) is 0 Å². The van der Waals surface area contributed by atoms with E-state index in [0.29, 0.717) is 10.8 Å². The lowest BCUT2D eigenvalue weighted by molar-refractivity contribution is -0.0296. The van der Waals surface area contributed by atoms with Crippen LogP contribution in [-0.4, -0.2) is 4.98 Å². The molecular formula is C29H39N3. The molecule has 0 atom stereocenters. The zero-order chi connectivity index (χ0) is 21.5. The Morgan fingerprint density at radius 3 is 1.25 bits per heavy atom. The van der Waals surface area contributed by atoms with Crippen molar-refractivity contribution in [3.05, 3.63) is 42.8 Å². The van der Waals surface area contributed by atoms with Gasteiger partial charge in [0.1, 0.15) is 11.6 Å². The average Bonchev–Trinajstić information content (AvgIpc) is 2.72. The first-order valence-electron chi connectivity index (χ1n) is 13.4. The van der Waals surface area contributed by atoms with E-state index >= 15 is 0 Å². The summed E-state index contributed by atoms with van der Waals surface area (Å²) >= 11 is 0. The summed E-state index contributed by atoms with van der Waals surface area (Å²) in [6.07, 6.45) is 16.8. The van der Waals surface area contributed by atoms with E-state index in [1.807, 2.05) is 0 Å². The van der Waals surface area contributed by atoms with Gasteiger partial charge in [-0.2, -0.15) is 0 Å². The van der Waals surface area contributed by atoms with Crippen molar-refractivity contribution in [2.45, 2.75) is 77.0 Å². The highest BCUT2D eigenvalue weighted by Gasteiger charge is 2.53. The fraction of sp³-hybridized carbons (Fsp3) is 0.690. The first-order chi connectivity index (χ1) is 15.5. The van der Waals surface area contributed by atoms with E-state index in [0.717, 1.165) is 47.1 Å². The van der Waals surface area contributed by atoms with E-state index in [1.54, 1.807) is 0 Å². The minimum Gasteiger partial charge on any atom is -0.344 e. The molecule has 0 aromatic carbocycles. The van der Waals surface area contributed by atoms with E-state index < -0.39 is 0 Å². The van der Waals surface area contributed by atoms with Gasteiger partial charge in [-0.3, -0.25) is 0 Å². The van der Waals surface area contributed by atoms with Gasteiger partial charge in [0.15, 0.2) is 0 Å². The molecule has 3 nitrogen and oxygen atoms in total. The van der Waals surface area contributed by atoms with E-state index in [2.05, 4.69) is 42.0 Å². The van der Waals surface area contributed by atoms with Crippen LogP contribution in [0.5, 0.6) is 0 Å². The maximum absolute atomic E-state index is 4.96. The Balaban J connectivity index is 1.06. The molecular weight excluding hydrogens is 390 g/mol. The summed E-state index contributed by atoms with van der Waals surface area (Å²) in [5, 5.41) is 7.35. The van der Waals surface area contributed by atoms with Gasteiger partial charge in [-0.05, 0) is 125 Å². The Morgan fingerprint density at radius 2 is 0.938 bits per heavy atom. The van der Waals surface area contributed by atoms with Gasteiger partial charge < -0.3 is 10.6 Å². The lowest BCUT2D eigenvalue weighted by Crippen LogP contribution is -2.48. The molecule has 2 N–H and O–H groups in total. The van der Waals surface area contributed by atoms with Crippen molar-refractivity contribution in [1.29, 1.82) is 0 Å². The zero-order valence-corrected chi connectivity index (χ0v) is 19.5. The van der Waals surface area contributed by atoms with Crippen LogP contribution in [0.4, 0.5) is 11.6 Å². The summed E-state index contributed by atoms with van der Waals surface area (Å²) in [5.74, 6) is 7.49. The molecule has 0 saturated heterocycles. The summed E-state index contributed by atoms with van der Waals surface area (Å²) in [7, 11) is 0. The van der Waals surface area contributed by atoms with Crippen LogP contribution in [0.1, 0.15) is 77.0 Å². The summed E-state index contributed by atoms with van der Waals surface area (Å²) in [5.41, 5.74) is 3.06. The summed E-state index contributed by atoms with van der Waals surface area (Å²) in [4.78, 5) is 4.96. The zero-order valence-electron chi connectivity index (χ0n) is 19.5. The second-order valence-electron chi connectivity index (χ2n) is 13.0. The van der Waals surface area contributed by atoms with Gasteiger partial charge in [0.25, 0.3) is 0 Å². The molecule has 9 rings (SSSR count). The van der Waals surface area contributed by atoms with E-state index in [1.165, 1.54) is 88.4 Å². The monoisotopic (exact) mass is 429 g/mol. The first-order valence-corrected chi connectivity index (χ1v) is 13.4. The highest BCUT2D eigenvalue weighted by atomic mass is 15.1. The fourth-order valence-electron chi connectivity index (χ4n) is 10.1. The Labute approximate surface area is 193 Å². The standard InChI is InChI=1S/C29H39N3/c1-18(28-12-20-6-21(13-28)8-22(7-20)14-28)30-26-4-3-5-27(32-26)31-19(2)29-15-23-9-24(16-29)11-25(10-23)17-29/h3-5,20-25H,1-2,6-17H2,(H2,30,31,32). The predicted molar refractivity (Wildman–Crippen MR) is 131 cm³/mol. The number of anilines is 2. The van der Waals surface area contributed by atoms with Gasteiger partial charge in [-0.25, -0.2) is 4.98 Å². The highest BCUT2D eigenvalue weighted by Crippen LogP contribution is 2.63. The molecule has 0 aliphatic heterocycles. The van der Waals surface area contributed by atoms with Gasteiger partial charge in [0.05, 0.1) is 0 Å². The van der Waals surface area contributed by atoms with Gasteiger partial charge in [0.2, 0.25) is 0 Å². The Kier molecular flexibility index (Phi) is 4.22. The predicted octanol–water partition coefficient (Wildman–Crippen LogP) is 7.37. The molecule has 0 unspecified atom stereocenters. The molecule has 1 heterocycles. The van der Waals surface area contributed by atoms with Crippen LogP contribution in [0.2, 0.25) is 0 Å². The Hall–Kier alpha value is -1.77. The third kappa shape index (κ3) is 3.10. The second kappa shape index (κ2) is 6.87. The molecule has 32 heavy (non-hydrogen) atoms. The molecule has 8 saturated carbocycles. The van der Waals surface area contributed by atoms with Crippen molar-refractivity contribution in [1.82, 2.24) is 4.98 Å². The lowest BCUT2D eigenvalue weighted by atomic mass is 9.49. The van der Waals surface area contributed by atoms with Gasteiger partial charge in [0, 0.05) is 22.2 Å². The number of hydrogen-bond acceptors (Lipinski definition) is 3. The van der Waals surface area contributed by atoms with Gasteiger partial charge in [-0.1, -0.05) is 19.2 Å². The van der Waals surface area contributed by atoms with Crippen molar-refractivity contribution in [2.75, 3.05) is 10.6 Å². The Morgan fingerprint density at radius 1 is 0.625 bits per heavy atom. The second-order valence-corrected chi connectivity index (χ2v) is 13.0. The Bertz CT molecular complexity index is 815. The van der Waals surface area contributed by atoms with Crippen LogP contribution in [0, 0.1) is 46.3 Å². The average molecular weight is 430 g/mol. The third-order valence-electron chi connectivity index (χ3n) is 10.7. The number of nitrogens with zero attached hydrogens (tertiary/aromatic N) is 1. The molecule has 1 aromatic heterocycles. The van der Waals surface area contributed by atoms with Crippen LogP contribution >= 0.6 is 0 Å². The summed E-state index contributed by atoms with van der Waals surface area (Å²) < 4.78 is 0. The number of pyridine rings is 1. The molecule has 0 amide bonds. The minimum absolute atomic E-state index is 0.308. The van der Waals surface area contributed by atoms with E-state index in [-0.39, 0.29) is 0 Å². The number of allylic oxidation sites excluding steroid dienone is 2.